The largest absolute Gasteiger partial charge is 0.329 e. The van der Waals surface area contributed by atoms with Gasteiger partial charge < -0.3 is 4.90 Å². The lowest BCUT2D eigenvalue weighted by Gasteiger charge is -2.20. The fourth-order valence-corrected chi connectivity index (χ4v) is 3.16. The van der Waals surface area contributed by atoms with E-state index in [0.29, 0.717) is 26.8 Å². The molecule has 0 saturated heterocycles. The summed E-state index contributed by atoms with van der Waals surface area (Å²) in [6, 6.07) is 10.0. The summed E-state index contributed by atoms with van der Waals surface area (Å²) in [6.45, 7) is 0. The van der Waals surface area contributed by atoms with Crippen molar-refractivity contribution in [1.82, 2.24) is 25.0 Å². The summed E-state index contributed by atoms with van der Waals surface area (Å²) in [5.41, 5.74) is 1.36. The SMILES string of the molecule is CN(c1cc(F)cc(Br)c1)c1nc2nnnn2c2cc(Cl)ccc12. The van der Waals surface area contributed by atoms with Gasteiger partial charge in [-0.2, -0.15) is 9.50 Å². The Morgan fingerprint density at radius 2 is 2.04 bits per heavy atom. The maximum Gasteiger partial charge on any atom is 0.275 e. The van der Waals surface area contributed by atoms with Crippen molar-refractivity contribution in [2.24, 2.45) is 0 Å². The maximum absolute atomic E-state index is 13.7. The van der Waals surface area contributed by atoms with Crippen molar-refractivity contribution in [3.63, 3.8) is 0 Å². The van der Waals surface area contributed by atoms with E-state index in [-0.39, 0.29) is 5.82 Å². The average Bonchev–Trinajstić information content (AvgIpc) is 3.01. The standard InChI is InChI=1S/C15H9BrClFN6/c1-23(11-5-8(16)4-10(18)7-11)14-12-3-2-9(17)6-13(12)24-15(19-14)20-21-22-24/h2-7H,1H3. The van der Waals surface area contributed by atoms with E-state index in [9.17, 15) is 4.39 Å². The molecule has 0 aliphatic carbocycles. The van der Waals surface area contributed by atoms with Crippen molar-refractivity contribution in [3.05, 3.63) is 51.7 Å². The first kappa shape index (κ1) is 15.2. The number of halogens is 3. The number of benzene rings is 2. The van der Waals surface area contributed by atoms with Crippen molar-refractivity contribution in [2.45, 2.75) is 0 Å². The second kappa shape index (κ2) is 5.64. The molecule has 0 unspecified atom stereocenters. The first-order valence-electron chi connectivity index (χ1n) is 6.90. The molecular formula is C15H9BrClFN6. The van der Waals surface area contributed by atoms with Crippen LogP contribution in [0.25, 0.3) is 16.7 Å². The molecule has 0 saturated carbocycles. The number of rotatable bonds is 2. The Hall–Kier alpha value is -2.32. The van der Waals surface area contributed by atoms with Crippen LogP contribution < -0.4 is 4.90 Å². The molecule has 24 heavy (non-hydrogen) atoms. The Kier molecular flexibility index (Phi) is 3.58. The fourth-order valence-electron chi connectivity index (χ4n) is 2.54. The van der Waals surface area contributed by atoms with E-state index in [1.54, 1.807) is 30.1 Å². The molecule has 0 aliphatic heterocycles. The summed E-state index contributed by atoms with van der Waals surface area (Å²) in [7, 11) is 1.80. The van der Waals surface area contributed by atoms with Gasteiger partial charge in [-0.05, 0) is 46.8 Å². The van der Waals surface area contributed by atoms with Gasteiger partial charge in [0, 0.05) is 27.6 Å². The van der Waals surface area contributed by atoms with Gasteiger partial charge in [0.1, 0.15) is 11.6 Å². The van der Waals surface area contributed by atoms with Crippen LogP contribution >= 0.6 is 27.5 Å². The third-order valence-corrected chi connectivity index (χ3v) is 4.33. The zero-order valence-corrected chi connectivity index (χ0v) is 14.6. The van der Waals surface area contributed by atoms with Gasteiger partial charge in [0.05, 0.1) is 5.52 Å². The molecule has 0 amide bonds. The highest BCUT2D eigenvalue weighted by Gasteiger charge is 2.16. The van der Waals surface area contributed by atoms with E-state index >= 15 is 0 Å². The van der Waals surface area contributed by atoms with E-state index in [0.717, 1.165) is 10.9 Å². The third-order valence-electron chi connectivity index (χ3n) is 3.64. The van der Waals surface area contributed by atoms with Crippen LogP contribution in [0.1, 0.15) is 0 Å². The summed E-state index contributed by atoms with van der Waals surface area (Å²) in [6.07, 6.45) is 0. The lowest BCUT2D eigenvalue weighted by molar-refractivity contribution is 0.627. The Morgan fingerprint density at radius 1 is 1.21 bits per heavy atom. The molecule has 2 aromatic heterocycles. The van der Waals surface area contributed by atoms with E-state index in [4.69, 9.17) is 11.6 Å². The predicted octanol–water partition coefficient (Wildman–Crippen LogP) is 4.00. The molecule has 0 aliphatic rings. The minimum absolute atomic E-state index is 0.335. The number of nitrogens with zero attached hydrogens (tertiary/aromatic N) is 6. The van der Waals surface area contributed by atoms with Crippen molar-refractivity contribution in [3.8, 4) is 0 Å². The Morgan fingerprint density at radius 3 is 2.83 bits per heavy atom. The van der Waals surface area contributed by atoms with E-state index in [1.165, 1.54) is 16.6 Å². The van der Waals surface area contributed by atoms with Gasteiger partial charge in [-0.1, -0.05) is 32.6 Å². The fraction of sp³-hybridized carbons (Fsp3) is 0.0667. The topological polar surface area (TPSA) is 59.2 Å². The number of anilines is 2. The van der Waals surface area contributed by atoms with Crippen LogP contribution in [0.2, 0.25) is 5.02 Å². The monoisotopic (exact) mass is 406 g/mol. The molecule has 0 spiro atoms. The first-order chi connectivity index (χ1) is 11.5. The van der Waals surface area contributed by atoms with Gasteiger partial charge in [0.25, 0.3) is 5.78 Å². The van der Waals surface area contributed by atoms with Crippen LogP contribution in [0.15, 0.2) is 40.9 Å². The highest BCUT2D eigenvalue weighted by atomic mass is 79.9. The summed E-state index contributed by atoms with van der Waals surface area (Å²) in [5, 5.41) is 12.9. The molecule has 2 heterocycles. The lowest BCUT2D eigenvalue weighted by Crippen LogP contribution is -2.13. The van der Waals surface area contributed by atoms with Crippen LogP contribution in [0.4, 0.5) is 15.9 Å². The van der Waals surface area contributed by atoms with Crippen LogP contribution in [-0.4, -0.2) is 32.1 Å². The summed E-state index contributed by atoms with van der Waals surface area (Å²) in [5.74, 6) is 0.590. The molecule has 9 heteroatoms. The van der Waals surface area contributed by atoms with E-state index in [1.807, 2.05) is 6.07 Å². The minimum atomic E-state index is -0.344. The zero-order valence-electron chi connectivity index (χ0n) is 12.3. The van der Waals surface area contributed by atoms with Crippen LogP contribution in [0.5, 0.6) is 0 Å². The molecule has 0 fully saturated rings. The Bertz CT molecular complexity index is 1060. The summed E-state index contributed by atoms with van der Waals surface area (Å²) < 4.78 is 15.9. The molecule has 0 radical (unpaired) electrons. The number of tetrazole rings is 1. The first-order valence-corrected chi connectivity index (χ1v) is 8.07. The molecule has 0 atom stereocenters. The molecule has 6 nitrogen and oxygen atoms in total. The second-order valence-corrected chi connectivity index (χ2v) is 6.53. The number of fused-ring (bicyclic) bond motifs is 3. The highest BCUT2D eigenvalue weighted by Crippen LogP contribution is 2.32. The Labute approximate surface area is 149 Å². The van der Waals surface area contributed by atoms with Crippen molar-refractivity contribution >= 4 is 55.7 Å². The van der Waals surface area contributed by atoms with Gasteiger partial charge in [-0.25, -0.2) is 4.39 Å². The van der Waals surface area contributed by atoms with E-state index < -0.39 is 0 Å². The zero-order chi connectivity index (χ0) is 16.8. The predicted molar refractivity (Wildman–Crippen MR) is 93.3 cm³/mol. The quantitative estimate of drug-likeness (QED) is 0.503. The number of hydrogen-bond donors (Lipinski definition) is 0. The molecular weight excluding hydrogens is 399 g/mol. The molecule has 2 aromatic carbocycles. The maximum atomic E-state index is 13.7. The molecule has 4 rings (SSSR count). The lowest BCUT2D eigenvalue weighted by atomic mass is 10.2. The highest BCUT2D eigenvalue weighted by molar-refractivity contribution is 9.10. The normalized spacial score (nSPS) is 11.3. The van der Waals surface area contributed by atoms with Gasteiger partial charge in [0.2, 0.25) is 0 Å². The minimum Gasteiger partial charge on any atom is -0.329 e. The summed E-state index contributed by atoms with van der Waals surface area (Å²) >= 11 is 9.41. The number of aromatic nitrogens is 5. The van der Waals surface area contributed by atoms with Crippen LogP contribution in [0, 0.1) is 5.82 Å². The molecule has 120 valence electrons. The smallest absolute Gasteiger partial charge is 0.275 e. The van der Waals surface area contributed by atoms with Gasteiger partial charge in [-0.3, -0.25) is 0 Å². The summed E-state index contributed by atoms with van der Waals surface area (Å²) in [4.78, 5) is 6.28. The molecule has 0 bridgehead atoms. The molecule has 0 N–H and O–H groups in total. The van der Waals surface area contributed by atoms with Gasteiger partial charge >= 0.3 is 0 Å². The molecule has 4 aromatic rings. The van der Waals surface area contributed by atoms with Crippen molar-refractivity contribution in [1.29, 1.82) is 0 Å². The average molecular weight is 408 g/mol. The van der Waals surface area contributed by atoms with Crippen molar-refractivity contribution < 1.29 is 4.39 Å². The van der Waals surface area contributed by atoms with Crippen LogP contribution in [-0.2, 0) is 0 Å². The van der Waals surface area contributed by atoms with E-state index in [2.05, 4.69) is 36.4 Å². The Balaban J connectivity index is 2.00. The number of hydrogen-bond acceptors (Lipinski definition) is 5. The van der Waals surface area contributed by atoms with Crippen molar-refractivity contribution in [2.75, 3.05) is 11.9 Å². The third kappa shape index (κ3) is 2.47. The van der Waals surface area contributed by atoms with Gasteiger partial charge in [0.15, 0.2) is 0 Å². The van der Waals surface area contributed by atoms with Gasteiger partial charge in [-0.15, -0.1) is 0 Å². The second-order valence-electron chi connectivity index (χ2n) is 5.17. The van der Waals surface area contributed by atoms with Crippen LogP contribution in [0.3, 0.4) is 0 Å².